The molecule has 0 aliphatic heterocycles. The van der Waals surface area contributed by atoms with Gasteiger partial charge in [0.1, 0.15) is 0 Å². The van der Waals surface area contributed by atoms with Crippen molar-refractivity contribution in [2.45, 2.75) is 66.0 Å². The number of carbonyl (C=O) groups is 6. The lowest BCUT2D eigenvalue weighted by Gasteiger charge is -2.12. The van der Waals surface area contributed by atoms with Crippen LogP contribution in [-0.2, 0) is 57.2 Å². The van der Waals surface area contributed by atoms with Crippen LogP contribution in [-0.4, -0.2) is 55.2 Å². The Labute approximate surface area is 166 Å². The Balaban J connectivity index is 3.89. The van der Waals surface area contributed by atoms with Gasteiger partial charge in [-0.3, -0.25) is 28.8 Å². The largest absolute Gasteiger partial charge is 0.428 e. The first-order chi connectivity index (χ1) is 13.5. The van der Waals surface area contributed by atoms with Crippen LogP contribution in [0, 0.1) is 0 Å². The van der Waals surface area contributed by atoms with E-state index >= 15 is 0 Å². The van der Waals surface area contributed by atoms with E-state index in [4.69, 9.17) is 9.47 Å². The number of esters is 6. The topological polar surface area (TPSA) is 158 Å². The third-order valence-electron chi connectivity index (χ3n) is 2.76. The van der Waals surface area contributed by atoms with Crippen LogP contribution >= 0.6 is 0 Å². The standard InChI is InChI=1S/C17H24O12/c1-10(18)26-12(3)28-16(22)7-5-14(20)24-9-25-15(21)6-8-17(23)29-13(4)27-11(2)19/h12-13H,5-9H2,1-4H3. The van der Waals surface area contributed by atoms with Crippen molar-refractivity contribution in [3.8, 4) is 0 Å². The molecule has 0 fully saturated rings. The molecule has 0 aliphatic rings. The number of hydrogen-bond donors (Lipinski definition) is 0. The van der Waals surface area contributed by atoms with Gasteiger partial charge in [0.15, 0.2) is 0 Å². The summed E-state index contributed by atoms with van der Waals surface area (Å²) in [5, 5.41) is 0. The van der Waals surface area contributed by atoms with E-state index in [1.807, 2.05) is 0 Å². The normalized spacial score (nSPS) is 12.0. The van der Waals surface area contributed by atoms with Crippen molar-refractivity contribution >= 4 is 35.8 Å². The molecule has 0 radical (unpaired) electrons. The average Bonchev–Trinajstić information content (AvgIpc) is 2.56. The highest BCUT2D eigenvalue weighted by Gasteiger charge is 2.16. The molecule has 164 valence electrons. The lowest BCUT2D eigenvalue weighted by Crippen LogP contribution is -2.21. The second-order valence-electron chi connectivity index (χ2n) is 5.48. The van der Waals surface area contributed by atoms with Crippen LogP contribution in [0.2, 0.25) is 0 Å². The summed E-state index contributed by atoms with van der Waals surface area (Å²) in [5.41, 5.74) is 0. The summed E-state index contributed by atoms with van der Waals surface area (Å²) in [6.45, 7) is 4.27. The predicted octanol–water partition coefficient (Wildman–Crippen LogP) is 0.495. The van der Waals surface area contributed by atoms with Gasteiger partial charge in [-0.1, -0.05) is 0 Å². The van der Waals surface area contributed by atoms with Crippen molar-refractivity contribution in [1.82, 2.24) is 0 Å². The Morgan fingerprint density at radius 3 is 1.17 bits per heavy atom. The van der Waals surface area contributed by atoms with Gasteiger partial charge in [-0.05, 0) is 0 Å². The van der Waals surface area contributed by atoms with E-state index < -0.39 is 55.2 Å². The van der Waals surface area contributed by atoms with E-state index in [1.165, 1.54) is 13.8 Å². The molecule has 0 N–H and O–H groups in total. The van der Waals surface area contributed by atoms with Crippen LogP contribution in [0.15, 0.2) is 0 Å². The van der Waals surface area contributed by atoms with Gasteiger partial charge in [0, 0.05) is 27.7 Å². The number of carbonyl (C=O) groups excluding carboxylic acids is 6. The van der Waals surface area contributed by atoms with E-state index in [0.29, 0.717) is 0 Å². The first-order valence-electron chi connectivity index (χ1n) is 8.54. The average molecular weight is 420 g/mol. The maximum absolute atomic E-state index is 11.4. The highest BCUT2D eigenvalue weighted by Crippen LogP contribution is 2.03. The quantitative estimate of drug-likeness (QED) is 0.245. The molecule has 0 aromatic rings. The SMILES string of the molecule is CC(=O)OC(C)OC(=O)CCC(=O)OCOC(=O)CCC(=O)OC(C)OC(C)=O. The van der Waals surface area contributed by atoms with Gasteiger partial charge in [-0.25, -0.2) is 0 Å². The molecular weight excluding hydrogens is 396 g/mol. The zero-order valence-corrected chi connectivity index (χ0v) is 16.6. The first kappa shape index (κ1) is 25.8. The van der Waals surface area contributed by atoms with Crippen LogP contribution in [0.4, 0.5) is 0 Å². The molecule has 12 heteroatoms. The fourth-order valence-corrected chi connectivity index (χ4v) is 1.72. The predicted molar refractivity (Wildman–Crippen MR) is 90.2 cm³/mol. The summed E-state index contributed by atoms with van der Waals surface area (Å²) in [5.74, 6) is -4.48. The van der Waals surface area contributed by atoms with Crippen molar-refractivity contribution in [3.63, 3.8) is 0 Å². The van der Waals surface area contributed by atoms with E-state index in [-0.39, 0.29) is 25.7 Å². The fourth-order valence-electron chi connectivity index (χ4n) is 1.72. The summed E-state index contributed by atoms with van der Waals surface area (Å²) in [6.07, 6.45) is -3.51. The van der Waals surface area contributed by atoms with Gasteiger partial charge in [-0.2, -0.15) is 0 Å². The minimum absolute atomic E-state index is 0.329. The van der Waals surface area contributed by atoms with Gasteiger partial charge >= 0.3 is 35.8 Å². The lowest BCUT2D eigenvalue weighted by atomic mass is 10.3. The minimum Gasteiger partial charge on any atom is -0.428 e. The molecule has 0 rings (SSSR count). The number of hydrogen-bond acceptors (Lipinski definition) is 12. The second-order valence-corrected chi connectivity index (χ2v) is 5.48. The second kappa shape index (κ2) is 13.9. The Morgan fingerprint density at radius 2 is 0.862 bits per heavy atom. The molecule has 0 aliphatic carbocycles. The number of ether oxygens (including phenoxy) is 6. The molecular formula is C17H24O12. The fraction of sp³-hybridized carbons (Fsp3) is 0.647. The van der Waals surface area contributed by atoms with Crippen molar-refractivity contribution in [2.75, 3.05) is 6.79 Å². The van der Waals surface area contributed by atoms with Gasteiger partial charge in [0.2, 0.25) is 19.4 Å². The Hall–Kier alpha value is -3.18. The van der Waals surface area contributed by atoms with Gasteiger partial charge in [-0.15, -0.1) is 0 Å². The van der Waals surface area contributed by atoms with Crippen molar-refractivity contribution in [1.29, 1.82) is 0 Å². The molecule has 2 atom stereocenters. The maximum atomic E-state index is 11.4. The highest BCUT2D eigenvalue weighted by atomic mass is 16.7. The summed E-state index contributed by atoms with van der Waals surface area (Å²) in [4.78, 5) is 67.1. The third kappa shape index (κ3) is 15.6. The van der Waals surface area contributed by atoms with Gasteiger partial charge in [0.25, 0.3) is 0 Å². The van der Waals surface area contributed by atoms with E-state index in [0.717, 1.165) is 13.8 Å². The van der Waals surface area contributed by atoms with Crippen LogP contribution < -0.4 is 0 Å². The smallest absolute Gasteiger partial charge is 0.309 e. The summed E-state index contributed by atoms with van der Waals surface area (Å²) >= 11 is 0. The molecule has 0 saturated carbocycles. The molecule has 29 heavy (non-hydrogen) atoms. The van der Waals surface area contributed by atoms with Crippen LogP contribution in [0.25, 0.3) is 0 Å². The lowest BCUT2D eigenvalue weighted by molar-refractivity contribution is -0.185. The summed E-state index contributed by atoms with van der Waals surface area (Å²) in [7, 11) is 0. The summed E-state index contributed by atoms with van der Waals surface area (Å²) in [6, 6.07) is 0. The van der Waals surface area contributed by atoms with Crippen molar-refractivity contribution < 1.29 is 57.2 Å². The van der Waals surface area contributed by atoms with Crippen LogP contribution in [0.5, 0.6) is 0 Å². The molecule has 0 spiro atoms. The molecule has 0 heterocycles. The Kier molecular flexibility index (Phi) is 12.4. The van der Waals surface area contributed by atoms with E-state index in [9.17, 15) is 28.8 Å². The van der Waals surface area contributed by atoms with Crippen molar-refractivity contribution in [2.24, 2.45) is 0 Å². The third-order valence-corrected chi connectivity index (χ3v) is 2.76. The number of rotatable bonds is 12. The molecule has 0 bridgehead atoms. The van der Waals surface area contributed by atoms with Crippen molar-refractivity contribution in [3.05, 3.63) is 0 Å². The Bertz CT molecular complexity index is 560. The van der Waals surface area contributed by atoms with E-state index in [1.54, 1.807) is 0 Å². The minimum atomic E-state index is -1.08. The van der Waals surface area contributed by atoms with Gasteiger partial charge in [0.05, 0.1) is 25.7 Å². The van der Waals surface area contributed by atoms with E-state index in [2.05, 4.69) is 18.9 Å². The van der Waals surface area contributed by atoms with Gasteiger partial charge < -0.3 is 28.4 Å². The zero-order chi connectivity index (χ0) is 22.4. The zero-order valence-electron chi connectivity index (χ0n) is 16.6. The monoisotopic (exact) mass is 420 g/mol. The molecule has 2 unspecified atom stereocenters. The van der Waals surface area contributed by atoms with Crippen LogP contribution in [0.3, 0.4) is 0 Å². The molecule has 0 saturated heterocycles. The molecule has 12 nitrogen and oxygen atoms in total. The van der Waals surface area contributed by atoms with Crippen LogP contribution in [0.1, 0.15) is 53.4 Å². The maximum Gasteiger partial charge on any atom is 0.309 e. The summed E-state index contributed by atoms with van der Waals surface area (Å²) < 4.78 is 27.8. The molecule has 0 aromatic carbocycles. The molecule has 0 aromatic heterocycles. The first-order valence-corrected chi connectivity index (χ1v) is 8.54. The highest BCUT2D eigenvalue weighted by molar-refractivity contribution is 5.79. The Morgan fingerprint density at radius 1 is 0.552 bits per heavy atom. The molecule has 0 amide bonds.